The van der Waals surface area contributed by atoms with Gasteiger partial charge in [-0.05, 0) is 54.1 Å². The molecule has 0 aliphatic carbocycles. The van der Waals surface area contributed by atoms with E-state index < -0.39 is 11.9 Å². The Labute approximate surface area is 183 Å². The number of para-hydroxylation sites is 1. The molecule has 3 aromatic rings. The number of carbonyl (C=O) groups is 2. The molecule has 3 rings (SSSR count). The van der Waals surface area contributed by atoms with Crippen LogP contribution in [0.3, 0.4) is 0 Å². The Morgan fingerprint density at radius 3 is 2.39 bits per heavy atom. The van der Waals surface area contributed by atoms with Crippen molar-refractivity contribution in [3.63, 3.8) is 0 Å². The normalized spacial score (nSPS) is 10.6. The summed E-state index contributed by atoms with van der Waals surface area (Å²) in [4.78, 5) is 22.8. The standard InChI is InChI=1S/C23H19ClN2O5/c24-19-9-11-20(12-10-19)30-15-22(27)26-25-13-18-3-1-2-4-21(18)31-14-16-5-7-17(8-6-16)23(28)29/h1-13H,14-15H2,(H,26,27)(H,28,29)/b25-13+. The molecule has 0 unspecified atom stereocenters. The smallest absolute Gasteiger partial charge is 0.335 e. The third kappa shape index (κ3) is 6.87. The molecule has 0 aromatic heterocycles. The molecule has 8 heteroatoms. The van der Waals surface area contributed by atoms with Crippen molar-refractivity contribution in [2.75, 3.05) is 6.61 Å². The summed E-state index contributed by atoms with van der Waals surface area (Å²) in [5.74, 6) is -0.295. The lowest BCUT2D eigenvalue weighted by molar-refractivity contribution is -0.123. The Hall–Kier alpha value is -3.84. The number of halogens is 1. The van der Waals surface area contributed by atoms with Crippen LogP contribution in [0.25, 0.3) is 0 Å². The number of nitrogens with zero attached hydrogens (tertiary/aromatic N) is 1. The Morgan fingerprint density at radius 2 is 1.68 bits per heavy atom. The van der Waals surface area contributed by atoms with E-state index in [1.54, 1.807) is 48.5 Å². The molecule has 1 amide bonds. The second-order valence-electron chi connectivity index (χ2n) is 6.36. The van der Waals surface area contributed by atoms with E-state index >= 15 is 0 Å². The van der Waals surface area contributed by atoms with Crippen molar-refractivity contribution in [2.45, 2.75) is 6.61 Å². The van der Waals surface area contributed by atoms with Crippen LogP contribution in [0, 0.1) is 0 Å². The third-order valence-electron chi connectivity index (χ3n) is 4.09. The lowest BCUT2D eigenvalue weighted by Gasteiger charge is -2.09. The molecule has 2 N–H and O–H groups in total. The highest BCUT2D eigenvalue weighted by molar-refractivity contribution is 6.30. The maximum absolute atomic E-state index is 11.9. The second kappa shape index (κ2) is 10.8. The largest absolute Gasteiger partial charge is 0.488 e. The maximum atomic E-state index is 11.9. The lowest BCUT2D eigenvalue weighted by Crippen LogP contribution is -2.24. The Morgan fingerprint density at radius 1 is 0.968 bits per heavy atom. The van der Waals surface area contributed by atoms with Crippen LogP contribution >= 0.6 is 11.6 Å². The van der Waals surface area contributed by atoms with E-state index in [2.05, 4.69) is 10.5 Å². The van der Waals surface area contributed by atoms with Crippen LogP contribution in [0.1, 0.15) is 21.5 Å². The van der Waals surface area contributed by atoms with Gasteiger partial charge in [0.25, 0.3) is 5.91 Å². The van der Waals surface area contributed by atoms with Crippen LogP contribution in [0.15, 0.2) is 77.9 Å². The molecule has 0 heterocycles. The minimum absolute atomic E-state index is 0.191. The first-order valence-corrected chi connectivity index (χ1v) is 9.63. The highest BCUT2D eigenvalue weighted by Gasteiger charge is 2.05. The maximum Gasteiger partial charge on any atom is 0.335 e. The van der Waals surface area contributed by atoms with Crippen molar-refractivity contribution in [3.8, 4) is 11.5 Å². The summed E-state index contributed by atoms with van der Waals surface area (Å²) in [5, 5.41) is 13.5. The first-order chi connectivity index (χ1) is 15.0. The Kier molecular flexibility index (Phi) is 7.61. The van der Waals surface area contributed by atoms with Gasteiger partial charge in [0, 0.05) is 10.6 Å². The van der Waals surface area contributed by atoms with Crippen LogP contribution in [0.2, 0.25) is 5.02 Å². The van der Waals surface area contributed by atoms with E-state index in [4.69, 9.17) is 26.2 Å². The zero-order chi connectivity index (χ0) is 22.1. The monoisotopic (exact) mass is 438 g/mol. The second-order valence-corrected chi connectivity index (χ2v) is 6.80. The molecular weight excluding hydrogens is 420 g/mol. The number of carboxylic acids is 1. The number of hydrazone groups is 1. The van der Waals surface area contributed by atoms with E-state index in [1.807, 2.05) is 12.1 Å². The van der Waals surface area contributed by atoms with Gasteiger partial charge in [0.05, 0.1) is 11.8 Å². The highest BCUT2D eigenvalue weighted by Crippen LogP contribution is 2.18. The van der Waals surface area contributed by atoms with Gasteiger partial charge in [-0.25, -0.2) is 10.2 Å². The molecule has 0 aliphatic heterocycles. The fourth-order valence-electron chi connectivity index (χ4n) is 2.51. The minimum Gasteiger partial charge on any atom is -0.488 e. The zero-order valence-corrected chi connectivity index (χ0v) is 17.1. The highest BCUT2D eigenvalue weighted by atomic mass is 35.5. The average molecular weight is 439 g/mol. The number of benzene rings is 3. The summed E-state index contributed by atoms with van der Waals surface area (Å²) in [6.45, 7) is 0.0650. The summed E-state index contributed by atoms with van der Waals surface area (Å²) in [7, 11) is 0. The quantitative estimate of drug-likeness (QED) is 0.386. The molecule has 0 radical (unpaired) electrons. The molecule has 7 nitrogen and oxygen atoms in total. The predicted octanol–water partition coefficient (Wildman–Crippen LogP) is 4.15. The van der Waals surface area contributed by atoms with Gasteiger partial charge in [-0.15, -0.1) is 0 Å². The Bertz CT molecular complexity index is 1070. The summed E-state index contributed by atoms with van der Waals surface area (Å²) in [5.41, 5.74) is 4.11. The van der Waals surface area contributed by atoms with Crippen molar-refractivity contribution in [3.05, 3.63) is 94.5 Å². The van der Waals surface area contributed by atoms with Crippen molar-refractivity contribution in [1.29, 1.82) is 0 Å². The number of amides is 1. The number of rotatable bonds is 9. The molecule has 3 aromatic carbocycles. The van der Waals surface area contributed by atoms with Crippen LogP contribution < -0.4 is 14.9 Å². The molecule has 0 saturated heterocycles. The number of hydrogen-bond acceptors (Lipinski definition) is 5. The first kappa shape index (κ1) is 21.9. The third-order valence-corrected chi connectivity index (χ3v) is 4.34. The van der Waals surface area contributed by atoms with Crippen LogP contribution in [-0.4, -0.2) is 29.8 Å². The van der Waals surface area contributed by atoms with E-state index in [-0.39, 0.29) is 18.8 Å². The number of nitrogens with one attached hydrogen (secondary N) is 1. The molecule has 158 valence electrons. The summed E-state index contributed by atoms with van der Waals surface area (Å²) < 4.78 is 11.2. The summed E-state index contributed by atoms with van der Waals surface area (Å²) in [6, 6.07) is 20.3. The van der Waals surface area contributed by atoms with E-state index in [1.165, 1.54) is 18.3 Å². The number of aromatic carboxylic acids is 1. The van der Waals surface area contributed by atoms with Gasteiger partial charge in [0.2, 0.25) is 0 Å². The lowest BCUT2D eigenvalue weighted by atomic mass is 10.1. The molecule has 0 fully saturated rings. The molecule has 0 spiro atoms. The SMILES string of the molecule is O=C(COc1ccc(Cl)cc1)N/N=C/c1ccccc1OCc1ccc(C(=O)O)cc1. The van der Waals surface area contributed by atoms with Crippen molar-refractivity contribution >= 4 is 29.7 Å². The topological polar surface area (TPSA) is 97.2 Å². The van der Waals surface area contributed by atoms with Crippen LogP contribution in [0.4, 0.5) is 0 Å². The van der Waals surface area contributed by atoms with Crippen molar-refractivity contribution in [1.82, 2.24) is 5.43 Å². The van der Waals surface area contributed by atoms with E-state index in [0.717, 1.165) is 5.56 Å². The van der Waals surface area contributed by atoms with Crippen LogP contribution in [0.5, 0.6) is 11.5 Å². The Balaban J connectivity index is 1.52. The molecule has 31 heavy (non-hydrogen) atoms. The summed E-state index contributed by atoms with van der Waals surface area (Å²) in [6.07, 6.45) is 1.48. The molecule has 0 aliphatic rings. The van der Waals surface area contributed by atoms with Gasteiger partial charge in [0.15, 0.2) is 6.61 Å². The first-order valence-electron chi connectivity index (χ1n) is 9.25. The van der Waals surface area contributed by atoms with E-state index in [0.29, 0.717) is 22.1 Å². The molecule has 0 bridgehead atoms. The van der Waals surface area contributed by atoms with E-state index in [9.17, 15) is 9.59 Å². The zero-order valence-electron chi connectivity index (χ0n) is 16.3. The predicted molar refractivity (Wildman–Crippen MR) is 117 cm³/mol. The van der Waals surface area contributed by atoms with Gasteiger partial charge >= 0.3 is 5.97 Å². The summed E-state index contributed by atoms with van der Waals surface area (Å²) >= 11 is 5.80. The number of carbonyl (C=O) groups excluding carboxylic acids is 1. The molecule has 0 saturated carbocycles. The fraction of sp³-hybridized carbons (Fsp3) is 0.0870. The minimum atomic E-state index is -0.977. The molecule has 0 atom stereocenters. The average Bonchev–Trinajstić information content (AvgIpc) is 2.78. The van der Waals surface area contributed by atoms with Gasteiger partial charge in [-0.3, -0.25) is 4.79 Å². The van der Waals surface area contributed by atoms with Crippen molar-refractivity contribution < 1.29 is 24.2 Å². The molecular formula is C23H19ClN2O5. The van der Waals surface area contributed by atoms with Crippen LogP contribution in [-0.2, 0) is 11.4 Å². The van der Waals surface area contributed by atoms with Gasteiger partial charge in [-0.2, -0.15) is 5.10 Å². The number of hydrogen-bond donors (Lipinski definition) is 2. The van der Waals surface area contributed by atoms with Gasteiger partial charge in [-0.1, -0.05) is 35.9 Å². The van der Waals surface area contributed by atoms with Gasteiger partial charge in [0.1, 0.15) is 18.1 Å². The number of ether oxygens (including phenoxy) is 2. The van der Waals surface area contributed by atoms with Crippen molar-refractivity contribution in [2.24, 2.45) is 5.10 Å². The van der Waals surface area contributed by atoms with Gasteiger partial charge < -0.3 is 14.6 Å². The number of carboxylic acid groups (broad SMARTS) is 1. The fourth-order valence-corrected chi connectivity index (χ4v) is 2.64.